The van der Waals surface area contributed by atoms with Gasteiger partial charge in [-0.15, -0.1) is 0 Å². The molecule has 2 heterocycles. The zero-order valence-corrected chi connectivity index (χ0v) is 17.2. The van der Waals surface area contributed by atoms with Crippen LogP contribution in [0, 0.1) is 0 Å². The third kappa shape index (κ3) is 4.18. The van der Waals surface area contributed by atoms with Gasteiger partial charge in [-0.25, -0.2) is 14.3 Å². The van der Waals surface area contributed by atoms with Crippen LogP contribution >= 0.6 is 0 Å². The first-order valence-electron chi connectivity index (χ1n) is 10.1. The average molecular weight is 417 g/mol. The molecule has 0 atom stereocenters. The first kappa shape index (κ1) is 20.3. The summed E-state index contributed by atoms with van der Waals surface area (Å²) >= 11 is 0. The zero-order valence-electron chi connectivity index (χ0n) is 17.2. The van der Waals surface area contributed by atoms with Gasteiger partial charge in [0.05, 0.1) is 12.9 Å². The van der Waals surface area contributed by atoms with E-state index in [0.29, 0.717) is 24.3 Å². The number of hydrogen-bond acceptors (Lipinski definition) is 4. The molecule has 0 saturated carbocycles. The molecule has 0 aliphatic rings. The van der Waals surface area contributed by atoms with Crippen LogP contribution in [0.4, 0.5) is 0 Å². The van der Waals surface area contributed by atoms with Gasteiger partial charge in [0, 0.05) is 13.1 Å². The van der Waals surface area contributed by atoms with Crippen molar-refractivity contribution in [3.8, 4) is 0 Å². The number of aromatic nitrogens is 4. The van der Waals surface area contributed by atoms with Gasteiger partial charge >= 0.3 is 5.69 Å². The molecule has 31 heavy (non-hydrogen) atoms. The van der Waals surface area contributed by atoms with Crippen molar-refractivity contribution < 1.29 is 4.79 Å². The number of aryl methyl sites for hydroxylation is 1. The minimum absolute atomic E-state index is 0.253. The quantitative estimate of drug-likeness (QED) is 0.496. The number of fused-ring (bicyclic) bond motifs is 1. The molecule has 0 aliphatic carbocycles. The topological polar surface area (TPSA) is 90.9 Å². The van der Waals surface area contributed by atoms with E-state index in [1.54, 1.807) is 10.9 Å². The summed E-state index contributed by atoms with van der Waals surface area (Å²) < 4.78 is 4.12. The number of benzene rings is 2. The monoisotopic (exact) mass is 417 g/mol. The maximum absolute atomic E-state index is 13.2. The highest BCUT2D eigenvalue weighted by atomic mass is 16.2. The molecule has 4 aromatic rings. The lowest BCUT2D eigenvalue weighted by Crippen LogP contribution is -2.44. The third-order valence-corrected chi connectivity index (χ3v) is 5.14. The normalized spacial score (nSPS) is 11.0. The molecule has 0 radical (unpaired) electrons. The third-order valence-electron chi connectivity index (χ3n) is 5.14. The maximum Gasteiger partial charge on any atom is 0.333 e. The number of amides is 1. The van der Waals surface area contributed by atoms with Gasteiger partial charge in [0.1, 0.15) is 6.54 Å². The minimum Gasteiger partial charge on any atom is -0.350 e. The van der Waals surface area contributed by atoms with E-state index in [0.717, 1.165) is 15.7 Å². The second kappa shape index (κ2) is 8.83. The molecule has 1 amide bonds. The Labute approximate surface area is 178 Å². The number of nitrogens with zero attached hydrogens (tertiary/aromatic N) is 4. The molecular weight excluding hydrogens is 394 g/mol. The average Bonchev–Trinajstić information content (AvgIpc) is 3.24. The Kier molecular flexibility index (Phi) is 5.79. The van der Waals surface area contributed by atoms with E-state index in [2.05, 4.69) is 10.3 Å². The second-order valence-electron chi connectivity index (χ2n) is 7.21. The van der Waals surface area contributed by atoms with E-state index in [9.17, 15) is 14.4 Å². The standard InChI is InChI=1S/C23H23N5O3/c1-2-26-16-25-21-20(26)22(30)28(15-19(29)24-13-17-9-5-3-6-10-17)23(31)27(21)14-18-11-7-4-8-12-18/h3-12,16H,2,13-15H2,1H3,(H,24,29). The molecule has 2 aromatic carbocycles. The van der Waals surface area contributed by atoms with Crippen molar-refractivity contribution >= 4 is 17.1 Å². The second-order valence-corrected chi connectivity index (χ2v) is 7.21. The summed E-state index contributed by atoms with van der Waals surface area (Å²) in [5, 5.41) is 2.77. The first-order valence-corrected chi connectivity index (χ1v) is 10.1. The Bertz CT molecular complexity index is 1320. The van der Waals surface area contributed by atoms with Crippen LogP contribution in [0.2, 0.25) is 0 Å². The molecule has 0 saturated heterocycles. The lowest BCUT2D eigenvalue weighted by atomic mass is 10.2. The summed E-state index contributed by atoms with van der Waals surface area (Å²) in [6.07, 6.45) is 1.55. The van der Waals surface area contributed by atoms with Crippen molar-refractivity contribution in [3.63, 3.8) is 0 Å². The van der Waals surface area contributed by atoms with E-state index in [1.165, 1.54) is 4.57 Å². The predicted octanol–water partition coefficient (Wildman–Crippen LogP) is 1.74. The van der Waals surface area contributed by atoms with Crippen LogP contribution in [0.25, 0.3) is 11.2 Å². The molecular formula is C23H23N5O3. The van der Waals surface area contributed by atoms with Gasteiger partial charge in [-0.3, -0.25) is 14.2 Å². The van der Waals surface area contributed by atoms with Crippen LogP contribution in [-0.4, -0.2) is 24.6 Å². The molecule has 8 nitrogen and oxygen atoms in total. The smallest absolute Gasteiger partial charge is 0.333 e. The van der Waals surface area contributed by atoms with E-state index in [4.69, 9.17) is 0 Å². The van der Waals surface area contributed by atoms with Gasteiger partial charge in [-0.1, -0.05) is 60.7 Å². The number of carbonyl (C=O) groups excluding carboxylic acids is 1. The van der Waals surface area contributed by atoms with Crippen molar-refractivity contribution in [2.45, 2.75) is 33.1 Å². The zero-order chi connectivity index (χ0) is 21.8. The van der Waals surface area contributed by atoms with E-state index < -0.39 is 17.2 Å². The summed E-state index contributed by atoms with van der Waals surface area (Å²) in [7, 11) is 0. The summed E-state index contributed by atoms with van der Waals surface area (Å²) in [5.74, 6) is -0.406. The maximum atomic E-state index is 13.2. The Morgan fingerprint density at radius 2 is 1.58 bits per heavy atom. The summed E-state index contributed by atoms with van der Waals surface area (Å²) in [6.45, 7) is 2.63. The fraction of sp³-hybridized carbons (Fsp3) is 0.217. The van der Waals surface area contributed by atoms with Crippen LogP contribution in [0.1, 0.15) is 18.1 Å². The van der Waals surface area contributed by atoms with Crippen molar-refractivity contribution in [1.82, 2.24) is 24.0 Å². The fourth-order valence-electron chi connectivity index (χ4n) is 3.52. The highest BCUT2D eigenvalue weighted by Crippen LogP contribution is 2.09. The summed E-state index contributed by atoms with van der Waals surface area (Å²) in [5.41, 5.74) is 1.39. The molecule has 2 aromatic heterocycles. The van der Waals surface area contributed by atoms with Crippen LogP contribution in [-0.2, 0) is 31.0 Å². The molecule has 0 unspecified atom stereocenters. The Balaban J connectivity index is 1.71. The highest BCUT2D eigenvalue weighted by Gasteiger charge is 2.19. The molecule has 4 rings (SSSR count). The SMILES string of the molecule is CCn1cnc2c1c(=O)n(CC(=O)NCc1ccccc1)c(=O)n2Cc1ccccc1. The number of carbonyl (C=O) groups is 1. The number of nitrogens with one attached hydrogen (secondary N) is 1. The van der Waals surface area contributed by atoms with Crippen molar-refractivity contribution in [2.24, 2.45) is 0 Å². The molecule has 158 valence electrons. The molecule has 0 fully saturated rings. The lowest BCUT2D eigenvalue weighted by molar-refractivity contribution is -0.121. The number of imidazole rings is 1. The largest absolute Gasteiger partial charge is 0.350 e. The predicted molar refractivity (Wildman–Crippen MR) is 118 cm³/mol. The van der Waals surface area contributed by atoms with Gasteiger partial charge in [-0.2, -0.15) is 0 Å². The fourth-order valence-corrected chi connectivity index (χ4v) is 3.52. The van der Waals surface area contributed by atoms with E-state index >= 15 is 0 Å². The van der Waals surface area contributed by atoms with Crippen molar-refractivity contribution in [2.75, 3.05) is 0 Å². The van der Waals surface area contributed by atoms with Crippen molar-refractivity contribution in [1.29, 1.82) is 0 Å². The van der Waals surface area contributed by atoms with Crippen LogP contribution in [0.3, 0.4) is 0 Å². The van der Waals surface area contributed by atoms with E-state index in [1.807, 2.05) is 67.6 Å². The summed E-state index contributed by atoms with van der Waals surface area (Å²) in [6, 6.07) is 18.9. The Hall–Kier alpha value is -3.94. The van der Waals surface area contributed by atoms with Gasteiger partial charge in [0.15, 0.2) is 11.2 Å². The molecule has 0 spiro atoms. The summed E-state index contributed by atoms with van der Waals surface area (Å²) in [4.78, 5) is 43.2. The molecule has 0 bridgehead atoms. The van der Waals surface area contributed by atoms with Gasteiger partial charge in [-0.05, 0) is 18.1 Å². The van der Waals surface area contributed by atoms with E-state index in [-0.39, 0.29) is 13.1 Å². The van der Waals surface area contributed by atoms with Crippen molar-refractivity contribution in [3.05, 3.63) is 99.0 Å². The first-order chi connectivity index (χ1) is 15.1. The van der Waals surface area contributed by atoms with Gasteiger partial charge in [0.25, 0.3) is 5.56 Å². The Morgan fingerprint density at radius 1 is 0.935 bits per heavy atom. The van der Waals surface area contributed by atoms with Crippen LogP contribution in [0.5, 0.6) is 0 Å². The Morgan fingerprint density at radius 3 is 2.23 bits per heavy atom. The molecule has 8 heteroatoms. The number of hydrogen-bond donors (Lipinski definition) is 1. The highest BCUT2D eigenvalue weighted by molar-refractivity contribution is 5.76. The van der Waals surface area contributed by atoms with Gasteiger partial charge < -0.3 is 9.88 Å². The minimum atomic E-state index is -0.558. The van der Waals surface area contributed by atoms with Crippen LogP contribution in [0.15, 0.2) is 76.6 Å². The van der Waals surface area contributed by atoms with Gasteiger partial charge in [0.2, 0.25) is 5.91 Å². The molecule has 0 aliphatic heterocycles. The van der Waals surface area contributed by atoms with Crippen LogP contribution < -0.4 is 16.6 Å². The lowest BCUT2D eigenvalue weighted by Gasteiger charge is -2.13. The number of rotatable bonds is 7. The molecule has 1 N–H and O–H groups in total.